The van der Waals surface area contributed by atoms with E-state index in [-0.39, 0.29) is 0 Å². The fraction of sp³-hybridized carbons (Fsp3) is 0.778. The molecule has 0 aliphatic carbocycles. The molecule has 0 amide bonds. The molecule has 5 heteroatoms. The summed E-state index contributed by atoms with van der Waals surface area (Å²) in [5.41, 5.74) is 6.34. The van der Waals surface area contributed by atoms with Crippen molar-refractivity contribution in [1.82, 2.24) is 19.9 Å². The van der Waals surface area contributed by atoms with Crippen LogP contribution in [-0.2, 0) is 13.1 Å². The van der Waals surface area contributed by atoms with Crippen molar-refractivity contribution in [3.63, 3.8) is 0 Å². The first-order valence-electron chi connectivity index (χ1n) is 5.05. The number of nitrogens with two attached hydrogens (primary N) is 1. The van der Waals surface area contributed by atoms with Crippen molar-refractivity contribution in [3.8, 4) is 0 Å². The molecule has 1 atom stereocenters. The third-order valence-electron chi connectivity index (χ3n) is 2.73. The van der Waals surface area contributed by atoms with Gasteiger partial charge in [-0.05, 0) is 25.9 Å². The Bertz CT molecular complexity index is 295. The highest BCUT2D eigenvalue weighted by Gasteiger charge is 2.19. The van der Waals surface area contributed by atoms with Crippen molar-refractivity contribution in [2.24, 2.45) is 11.7 Å². The van der Waals surface area contributed by atoms with Gasteiger partial charge in [0.2, 0.25) is 0 Å². The van der Waals surface area contributed by atoms with Crippen LogP contribution in [0.2, 0.25) is 0 Å². The van der Waals surface area contributed by atoms with Crippen molar-refractivity contribution in [1.29, 1.82) is 0 Å². The Labute approximate surface area is 83.9 Å². The zero-order chi connectivity index (χ0) is 9.97. The van der Waals surface area contributed by atoms with Gasteiger partial charge in [0, 0.05) is 25.8 Å². The molecule has 0 bridgehead atoms. The highest BCUT2D eigenvalue weighted by molar-refractivity contribution is 4.90. The largest absolute Gasteiger partial charge is 0.325 e. The van der Waals surface area contributed by atoms with E-state index in [0.29, 0.717) is 12.5 Å². The van der Waals surface area contributed by atoms with Crippen molar-refractivity contribution < 1.29 is 0 Å². The average molecular weight is 195 g/mol. The molecule has 5 nitrogen and oxygen atoms in total. The number of aromatic nitrogens is 3. The summed E-state index contributed by atoms with van der Waals surface area (Å²) in [7, 11) is 2.16. The SMILES string of the molecule is CN1CC[C@H](Cn2cc(CN)nn2)C1. The Morgan fingerprint density at radius 3 is 3.07 bits per heavy atom. The molecule has 1 aliphatic heterocycles. The minimum absolute atomic E-state index is 0.477. The molecule has 2 rings (SSSR count). The second kappa shape index (κ2) is 4.06. The summed E-state index contributed by atoms with van der Waals surface area (Å²) in [4.78, 5) is 2.35. The lowest BCUT2D eigenvalue weighted by Gasteiger charge is -2.09. The van der Waals surface area contributed by atoms with Crippen molar-refractivity contribution in [2.75, 3.05) is 20.1 Å². The van der Waals surface area contributed by atoms with E-state index in [2.05, 4.69) is 22.3 Å². The topological polar surface area (TPSA) is 60.0 Å². The molecule has 0 aromatic carbocycles. The van der Waals surface area contributed by atoms with Crippen molar-refractivity contribution in [2.45, 2.75) is 19.5 Å². The van der Waals surface area contributed by atoms with E-state index in [0.717, 1.165) is 18.8 Å². The zero-order valence-electron chi connectivity index (χ0n) is 8.56. The molecule has 0 saturated carbocycles. The molecule has 0 spiro atoms. The maximum atomic E-state index is 5.47. The molecule has 78 valence electrons. The van der Waals surface area contributed by atoms with Gasteiger partial charge in [-0.2, -0.15) is 0 Å². The number of rotatable bonds is 3. The Balaban J connectivity index is 1.90. The zero-order valence-corrected chi connectivity index (χ0v) is 8.56. The fourth-order valence-corrected chi connectivity index (χ4v) is 1.96. The van der Waals surface area contributed by atoms with Crippen LogP contribution in [0.3, 0.4) is 0 Å². The first kappa shape index (κ1) is 9.61. The summed E-state index contributed by atoms with van der Waals surface area (Å²) in [5.74, 6) is 0.715. The summed E-state index contributed by atoms with van der Waals surface area (Å²) in [5, 5.41) is 8.01. The van der Waals surface area contributed by atoms with Gasteiger partial charge in [-0.1, -0.05) is 5.21 Å². The molecule has 0 unspecified atom stereocenters. The van der Waals surface area contributed by atoms with Crippen LogP contribution >= 0.6 is 0 Å². The quantitative estimate of drug-likeness (QED) is 0.718. The maximum absolute atomic E-state index is 5.47. The van der Waals surface area contributed by atoms with Gasteiger partial charge in [0.25, 0.3) is 0 Å². The van der Waals surface area contributed by atoms with Crippen LogP contribution in [0.1, 0.15) is 12.1 Å². The molecule has 1 aliphatic rings. The molecular formula is C9H17N5. The van der Waals surface area contributed by atoms with E-state index in [1.54, 1.807) is 0 Å². The lowest BCUT2D eigenvalue weighted by Crippen LogP contribution is -2.17. The number of likely N-dealkylation sites (tertiary alicyclic amines) is 1. The minimum Gasteiger partial charge on any atom is -0.325 e. The third kappa shape index (κ3) is 2.10. The summed E-state index contributed by atoms with van der Waals surface area (Å²) < 4.78 is 1.91. The van der Waals surface area contributed by atoms with Gasteiger partial charge < -0.3 is 10.6 Å². The average Bonchev–Trinajstić information content (AvgIpc) is 2.76. The third-order valence-corrected chi connectivity index (χ3v) is 2.73. The predicted octanol–water partition coefficient (Wildman–Crippen LogP) is -0.311. The van der Waals surface area contributed by atoms with Crippen LogP contribution in [0.15, 0.2) is 6.20 Å². The van der Waals surface area contributed by atoms with E-state index in [1.807, 2.05) is 10.9 Å². The molecule has 14 heavy (non-hydrogen) atoms. The number of hydrogen-bond donors (Lipinski definition) is 1. The van der Waals surface area contributed by atoms with Crippen molar-refractivity contribution in [3.05, 3.63) is 11.9 Å². The minimum atomic E-state index is 0.477. The molecule has 0 radical (unpaired) electrons. The number of nitrogens with zero attached hydrogens (tertiary/aromatic N) is 4. The number of hydrogen-bond acceptors (Lipinski definition) is 4. The van der Waals surface area contributed by atoms with E-state index >= 15 is 0 Å². The van der Waals surface area contributed by atoms with Gasteiger partial charge in [-0.3, -0.25) is 4.68 Å². The molecule has 1 fully saturated rings. The van der Waals surface area contributed by atoms with E-state index in [1.165, 1.54) is 13.0 Å². The monoisotopic (exact) mass is 195 g/mol. The molecule has 1 saturated heterocycles. The maximum Gasteiger partial charge on any atom is 0.0962 e. The van der Waals surface area contributed by atoms with Crippen molar-refractivity contribution >= 4 is 0 Å². The standard InChI is InChI=1S/C9H17N5/c1-13-3-2-8(5-13)6-14-7-9(4-10)11-12-14/h7-8H,2-6,10H2,1H3/t8-/m0/s1. The second-order valence-corrected chi connectivity index (χ2v) is 4.05. The lowest BCUT2D eigenvalue weighted by atomic mass is 10.1. The predicted molar refractivity (Wildman–Crippen MR) is 53.5 cm³/mol. The normalized spacial score (nSPS) is 23.1. The summed E-state index contributed by atoms with van der Waals surface area (Å²) >= 11 is 0. The summed E-state index contributed by atoms with van der Waals surface area (Å²) in [6.45, 7) is 3.81. The Kier molecular flexibility index (Phi) is 2.79. The van der Waals surface area contributed by atoms with Gasteiger partial charge in [-0.25, -0.2) is 0 Å². The fourth-order valence-electron chi connectivity index (χ4n) is 1.96. The van der Waals surface area contributed by atoms with Crippen LogP contribution in [-0.4, -0.2) is 40.0 Å². The van der Waals surface area contributed by atoms with E-state index in [4.69, 9.17) is 5.73 Å². The highest BCUT2D eigenvalue weighted by atomic mass is 15.4. The van der Waals surface area contributed by atoms with Gasteiger partial charge in [0.05, 0.1) is 5.69 Å². The summed E-state index contributed by atoms with van der Waals surface area (Å²) in [6, 6.07) is 0. The summed E-state index contributed by atoms with van der Waals surface area (Å²) in [6.07, 6.45) is 3.20. The molecule has 2 N–H and O–H groups in total. The van der Waals surface area contributed by atoms with Crippen LogP contribution in [0.5, 0.6) is 0 Å². The first-order valence-corrected chi connectivity index (χ1v) is 5.05. The highest BCUT2D eigenvalue weighted by Crippen LogP contribution is 2.15. The molecule has 2 heterocycles. The van der Waals surface area contributed by atoms with E-state index in [9.17, 15) is 0 Å². The Morgan fingerprint density at radius 1 is 1.64 bits per heavy atom. The first-order chi connectivity index (χ1) is 6.78. The van der Waals surface area contributed by atoms with Crippen LogP contribution < -0.4 is 5.73 Å². The van der Waals surface area contributed by atoms with Crippen LogP contribution in [0.4, 0.5) is 0 Å². The lowest BCUT2D eigenvalue weighted by molar-refractivity contribution is 0.367. The van der Waals surface area contributed by atoms with E-state index < -0.39 is 0 Å². The second-order valence-electron chi connectivity index (χ2n) is 4.05. The van der Waals surface area contributed by atoms with Gasteiger partial charge in [0.1, 0.15) is 0 Å². The molecule has 1 aromatic heterocycles. The van der Waals surface area contributed by atoms with Gasteiger partial charge in [-0.15, -0.1) is 5.10 Å². The molecular weight excluding hydrogens is 178 g/mol. The Morgan fingerprint density at radius 2 is 2.50 bits per heavy atom. The van der Waals surface area contributed by atoms with Crippen LogP contribution in [0, 0.1) is 5.92 Å². The van der Waals surface area contributed by atoms with Gasteiger partial charge >= 0.3 is 0 Å². The Hall–Kier alpha value is -0.940. The molecule has 1 aromatic rings. The van der Waals surface area contributed by atoms with Gasteiger partial charge in [0.15, 0.2) is 0 Å². The smallest absolute Gasteiger partial charge is 0.0962 e. The van der Waals surface area contributed by atoms with Crippen LogP contribution in [0.25, 0.3) is 0 Å².